The Bertz CT molecular complexity index is 1050. The van der Waals surface area contributed by atoms with Crippen LogP contribution in [-0.4, -0.2) is 63.9 Å². The fraction of sp³-hybridized carbons (Fsp3) is 0.360. The molecule has 2 atom stereocenters. The van der Waals surface area contributed by atoms with Crippen molar-refractivity contribution < 1.29 is 4.74 Å². The second kappa shape index (κ2) is 9.40. The van der Waals surface area contributed by atoms with Crippen molar-refractivity contribution in [3.63, 3.8) is 0 Å². The molecule has 2 aromatic heterocycles. The molecular formula is C25H29N5OS. The van der Waals surface area contributed by atoms with Crippen molar-refractivity contribution in [1.29, 1.82) is 0 Å². The highest BCUT2D eigenvalue weighted by Crippen LogP contribution is 2.39. The molecule has 0 unspecified atom stereocenters. The second-order valence-corrected chi connectivity index (χ2v) is 8.80. The normalized spacial score (nSPS) is 21.7. The highest BCUT2D eigenvalue weighted by Gasteiger charge is 2.41. The van der Waals surface area contributed by atoms with Crippen LogP contribution in [0.1, 0.15) is 29.0 Å². The molecule has 5 rings (SSSR count). The van der Waals surface area contributed by atoms with Crippen molar-refractivity contribution in [1.82, 2.24) is 24.7 Å². The van der Waals surface area contributed by atoms with Gasteiger partial charge in [0.2, 0.25) is 0 Å². The number of hydrogen-bond donors (Lipinski definition) is 1. The molecule has 6 nitrogen and oxygen atoms in total. The van der Waals surface area contributed by atoms with Crippen molar-refractivity contribution in [2.75, 3.05) is 39.4 Å². The zero-order chi connectivity index (χ0) is 21.9. The molecule has 0 bridgehead atoms. The zero-order valence-corrected chi connectivity index (χ0v) is 19.2. The predicted molar refractivity (Wildman–Crippen MR) is 130 cm³/mol. The van der Waals surface area contributed by atoms with Gasteiger partial charge in [-0.25, -0.2) is 0 Å². The third kappa shape index (κ3) is 4.28. The van der Waals surface area contributed by atoms with E-state index in [1.54, 1.807) is 0 Å². The Morgan fingerprint density at radius 3 is 2.59 bits per heavy atom. The number of morpholine rings is 1. The van der Waals surface area contributed by atoms with E-state index in [1.807, 2.05) is 18.3 Å². The molecule has 0 radical (unpaired) electrons. The fourth-order valence-corrected chi connectivity index (χ4v) is 4.95. The van der Waals surface area contributed by atoms with Crippen molar-refractivity contribution >= 4 is 17.3 Å². The molecule has 3 aromatic rings. The van der Waals surface area contributed by atoms with E-state index in [9.17, 15) is 0 Å². The van der Waals surface area contributed by atoms with Gasteiger partial charge in [-0.05, 0) is 55.5 Å². The Kier molecular flexibility index (Phi) is 6.21. The summed E-state index contributed by atoms with van der Waals surface area (Å²) in [5.41, 5.74) is 4.62. The first-order chi connectivity index (χ1) is 15.7. The Hall–Kier alpha value is -2.74. The molecular weight excluding hydrogens is 418 g/mol. The van der Waals surface area contributed by atoms with Gasteiger partial charge in [0.15, 0.2) is 5.11 Å². The van der Waals surface area contributed by atoms with Crippen LogP contribution in [-0.2, 0) is 4.74 Å². The van der Waals surface area contributed by atoms with Crippen LogP contribution in [0.25, 0.3) is 5.69 Å². The maximum absolute atomic E-state index is 5.85. The van der Waals surface area contributed by atoms with Gasteiger partial charge in [0.1, 0.15) is 0 Å². The summed E-state index contributed by atoms with van der Waals surface area (Å²) in [4.78, 5) is 9.46. The lowest BCUT2D eigenvalue weighted by Gasteiger charge is -2.32. The lowest BCUT2D eigenvalue weighted by atomic mass is 10.0. The SMILES string of the molecule is Cc1ccc(-n2cccc2[C@@H]2[C@H](c3ccccn3)NC(=S)N2CCN2CCOCC2)cc1. The predicted octanol–water partition coefficient (Wildman–Crippen LogP) is 3.49. The highest BCUT2D eigenvalue weighted by atomic mass is 32.1. The van der Waals surface area contributed by atoms with E-state index in [0.29, 0.717) is 0 Å². The molecule has 32 heavy (non-hydrogen) atoms. The van der Waals surface area contributed by atoms with Crippen molar-refractivity contribution in [3.05, 3.63) is 83.9 Å². The summed E-state index contributed by atoms with van der Waals surface area (Å²) in [6.45, 7) is 7.49. The first-order valence-electron chi connectivity index (χ1n) is 11.2. The average Bonchev–Trinajstić information content (AvgIpc) is 3.43. The summed E-state index contributed by atoms with van der Waals surface area (Å²) in [6, 6.07) is 19.1. The standard InChI is InChI=1S/C25H29N5OS/c1-19-7-9-20(10-8-19)29-12-4-6-22(29)24-23(21-5-2-3-11-26-21)27-25(32)30(24)14-13-28-15-17-31-18-16-28/h2-12,23-24H,13-18H2,1H3,(H,27,32)/t23-,24+/m0/s1. The molecule has 2 fully saturated rings. The largest absolute Gasteiger partial charge is 0.379 e. The van der Waals surface area contributed by atoms with Gasteiger partial charge in [-0.15, -0.1) is 0 Å². The topological polar surface area (TPSA) is 45.6 Å². The molecule has 4 heterocycles. The fourth-order valence-electron chi connectivity index (χ4n) is 4.62. The van der Waals surface area contributed by atoms with Gasteiger partial charge in [-0.3, -0.25) is 9.88 Å². The van der Waals surface area contributed by atoms with Gasteiger partial charge in [0.05, 0.1) is 31.0 Å². The summed E-state index contributed by atoms with van der Waals surface area (Å²) in [5.74, 6) is 0. The van der Waals surface area contributed by atoms with Gasteiger partial charge in [0, 0.05) is 50.0 Å². The molecule has 1 aromatic carbocycles. The number of nitrogens with one attached hydrogen (secondary N) is 1. The Balaban J connectivity index is 1.49. The third-order valence-electron chi connectivity index (χ3n) is 6.35. The van der Waals surface area contributed by atoms with E-state index in [0.717, 1.165) is 55.9 Å². The Labute approximate surface area is 194 Å². The van der Waals surface area contributed by atoms with Crippen LogP contribution in [0.15, 0.2) is 67.0 Å². The number of aromatic nitrogens is 2. The first kappa shape index (κ1) is 21.1. The van der Waals surface area contributed by atoms with E-state index < -0.39 is 0 Å². The quantitative estimate of drug-likeness (QED) is 0.584. The molecule has 0 aliphatic carbocycles. The first-order valence-corrected chi connectivity index (χ1v) is 11.6. The monoisotopic (exact) mass is 447 g/mol. The number of ether oxygens (including phenoxy) is 1. The van der Waals surface area contributed by atoms with E-state index in [2.05, 4.69) is 80.3 Å². The molecule has 2 saturated heterocycles. The molecule has 7 heteroatoms. The van der Waals surface area contributed by atoms with Crippen LogP contribution in [0.4, 0.5) is 0 Å². The molecule has 0 spiro atoms. The van der Waals surface area contributed by atoms with Crippen molar-refractivity contribution in [3.8, 4) is 5.69 Å². The van der Waals surface area contributed by atoms with Gasteiger partial charge in [0.25, 0.3) is 0 Å². The molecule has 0 saturated carbocycles. The van der Waals surface area contributed by atoms with Gasteiger partial charge < -0.3 is 19.5 Å². The minimum Gasteiger partial charge on any atom is -0.379 e. The molecule has 2 aliphatic rings. The minimum absolute atomic E-state index is 0.00696. The van der Waals surface area contributed by atoms with Crippen LogP contribution >= 0.6 is 12.2 Å². The summed E-state index contributed by atoms with van der Waals surface area (Å²) >= 11 is 5.85. The number of aryl methyl sites for hydroxylation is 1. The molecule has 0 amide bonds. The maximum Gasteiger partial charge on any atom is 0.170 e. The van der Waals surface area contributed by atoms with Crippen molar-refractivity contribution in [2.45, 2.75) is 19.0 Å². The van der Waals surface area contributed by atoms with Crippen molar-refractivity contribution in [2.24, 2.45) is 0 Å². The number of hydrogen-bond acceptors (Lipinski definition) is 4. The molecule has 166 valence electrons. The van der Waals surface area contributed by atoms with Crippen LogP contribution in [0.3, 0.4) is 0 Å². The molecule has 2 aliphatic heterocycles. The van der Waals surface area contributed by atoms with Crippen LogP contribution in [0.5, 0.6) is 0 Å². The zero-order valence-electron chi connectivity index (χ0n) is 18.4. The minimum atomic E-state index is -0.00696. The summed E-state index contributed by atoms with van der Waals surface area (Å²) < 4.78 is 7.79. The van der Waals surface area contributed by atoms with Crippen LogP contribution in [0, 0.1) is 6.92 Å². The van der Waals surface area contributed by atoms with E-state index in [-0.39, 0.29) is 12.1 Å². The average molecular weight is 448 g/mol. The number of benzene rings is 1. The number of rotatable bonds is 6. The van der Waals surface area contributed by atoms with Crippen LogP contribution < -0.4 is 5.32 Å². The summed E-state index contributed by atoms with van der Waals surface area (Å²) in [5, 5.41) is 4.36. The van der Waals surface area contributed by atoms with Gasteiger partial charge in [-0.2, -0.15) is 0 Å². The summed E-state index contributed by atoms with van der Waals surface area (Å²) in [7, 11) is 0. The number of nitrogens with zero attached hydrogens (tertiary/aromatic N) is 4. The smallest absolute Gasteiger partial charge is 0.170 e. The lowest BCUT2D eigenvalue weighted by molar-refractivity contribution is 0.0349. The maximum atomic E-state index is 5.85. The van der Waals surface area contributed by atoms with Gasteiger partial charge >= 0.3 is 0 Å². The lowest BCUT2D eigenvalue weighted by Crippen LogP contribution is -2.42. The third-order valence-corrected chi connectivity index (χ3v) is 6.71. The van der Waals surface area contributed by atoms with Gasteiger partial charge in [-0.1, -0.05) is 23.8 Å². The Morgan fingerprint density at radius 2 is 1.84 bits per heavy atom. The van der Waals surface area contributed by atoms with E-state index >= 15 is 0 Å². The van der Waals surface area contributed by atoms with E-state index in [4.69, 9.17) is 17.0 Å². The Morgan fingerprint density at radius 1 is 1.03 bits per heavy atom. The molecule has 1 N–H and O–H groups in total. The highest BCUT2D eigenvalue weighted by molar-refractivity contribution is 7.80. The second-order valence-electron chi connectivity index (χ2n) is 8.41. The van der Waals surface area contributed by atoms with E-state index in [1.165, 1.54) is 11.3 Å². The number of thiocarbonyl (C=S) groups is 1. The van der Waals surface area contributed by atoms with Crippen LogP contribution in [0.2, 0.25) is 0 Å². The number of pyridine rings is 1. The summed E-state index contributed by atoms with van der Waals surface area (Å²) in [6.07, 6.45) is 3.99.